The van der Waals surface area contributed by atoms with Gasteiger partial charge in [0.15, 0.2) is 0 Å². The van der Waals surface area contributed by atoms with Crippen LogP contribution in [0.2, 0.25) is 0 Å². The summed E-state index contributed by atoms with van der Waals surface area (Å²) in [7, 11) is 3.23. The predicted octanol–water partition coefficient (Wildman–Crippen LogP) is 4.19. The molecular weight excluding hydrogens is 438 g/mol. The van der Waals surface area contributed by atoms with Gasteiger partial charge in [0.1, 0.15) is 22.7 Å². The number of amides is 2. The Kier molecular flexibility index (Phi) is 5.56. The Morgan fingerprint density at radius 3 is 2.58 bits per heavy atom. The maximum Gasteiger partial charge on any atom is 0.271 e. The summed E-state index contributed by atoms with van der Waals surface area (Å²) in [5.41, 5.74) is 0.267. The highest BCUT2D eigenvalue weighted by Crippen LogP contribution is 2.40. The van der Waals surface area contributed by atoms with Crippen molar-refractivity contribution in [1.29, 1.82) is 0 Å². The molecule has 1 fully saturated rings. The van der Waals surface area contributed by atoms with E-state index in [-0.39, 0.29) is 17.9 Å². The van der Waals surface area contributed by atoms with E-state index in [1.54, 1.807) is 30.5 Å². The maximum atomic E-state index is 13.9. The van der Waals surface area contributed by atoms with Gasteiger partial charge in [-0.2, -0.15) is 0 Å². The number of carbonyl (C=O) groups excluding carboxylic acids is 2. The number of hydrogen-bond acceptors (Lipinski definition) is 5. The fraction of sp³-hybridized carbons (Fsp3) is 0.440. The molecule has 3 heterocycles. The van der Waals surface area contributed by atoms with E-state index in [0.717, 1.165) is 41.5 Å². The van der Waals surface area contributed by atoms with Crippen LogP contribution in [0.5, 0.6) is 11.5 Å². The molecule has 7 nitrogen and oxygen atoms in total. The second kappa shape index (κ2) is 8.41. The Morgan fingerprint density at radius 2 is 1.91 bits per heavy atom. The normalized spacial score (nSPS) is 20.8. The summed E-state index contributed by atoms with van der Waals surface area (Å²) in [6.07, 6.45) is 4.23. The van der Waals surface area contributed by atoms with Gasteiger partial charge < -0.3 is 24.3 Å². The number of aromatic nitrogens is 1. The first kappa shape index (κ1) is 21.8. The second-order valence-electron chi connectivity index (χ2n) is 9.05. The van der Waals surface area contributed by atoms with Crippen LogP contribution in [0.4, 0.5) is 0 Å². The van der Waals surface area contributed by atoms with Gasteiger partial charge in [0, 0.05) is 16.3 Å². The monoisotopic (exact) mass is 467 g/mol. The molecule has 1 saturated carbocycles. The average molecular weight is 468 g/mol. The van der Waals surface area contributed by atoms with Gasteiger partial charge in [-0.15, -0.1) is 11.3 Å². The van der Waals surface area contributed by atoms with Crippen LogP contribution in [-0.2, 0) is 17.9 Å². The quantitative estimate of drug-likeness (QED) is 0.590. The fourth-order valence-electron chi connectivity index (χ4n) is 5.17. The topological polar surface area (TPSA) is 72.8 Å². The van der Waals surface area contributed by atoms with Gasteiger partial charge in [-0.05, 0) is 49.4 Å². The number of nitrogens with zero attached hydrogens (tertiary/aromatic N) is 2. The van der Waals surface area contributed by atoms with E-state index < -0.39 is 5.54 Å². The van der Waals surface area contributed by atoms with Crippen molar-refractivity contribution in [1.82, 2.24) is 14.8 Å². The molecule has 2 amide bonds. The number of nitrogens with one attached hydrogen (secondary N) is 1. The van der Waals surface area contributed by atoms with Crippen molar-refractivity contribution in [2.24, 2.45) is 0 Å². The molecule has 174 valence electrons. The summed E-state index contributed by atoms with van der Waals surface area (Å²) in [4.78, 5) is 30.4. The Hall–Kier alpha value is -3.00. The average Bonchev–Trinajstić information content (AvgIpc) is 3.58. The smallest absolute Gasteiger partial charge is 0.271 e. The van der Waals surface area contributed by atoms with Crippen LogP contribution in [-0.4, -0.2) is 47.1 Å². The van der Waals surface area contributed by atoms with Crippen LogP contribution in [0.25, 0.3) is 10.9 Å². The third-order valence-corrected chi connectivity index (χ3v) is 7.88. The molecule has 8 heteroatoms. The molecule has 0 spiro atoms. The van der Waals surface area contributed by atoms with E-state index in [0.29, 0.717) is 30.3 Å². The molecule has 0 saturated heterocycles. The van der Waals surface area contributed by atoms with Gasteiger partial charge in [0.2, 0.25) is 5.91 Å². The lowest BCUT2D eigenvalue weighted by molar-refractivity contribution is -0.133. The number of hydrogen-bond donors (Lipinski definition) is 1. The van der Waals surface area contributed by atoms with Crippen molar-refractivity contribution in [3.8, 4) is 11.5 Å². The zero-order valence-electron chi connectivity index (χ0n) is 19.2. The van der Waals surface area contributed by atoms with Crippen LogP contribution >= 0.6 is 11.3 Å². The minimum atomic E-state index is -1.04. The van der Waals surface area contributed by atoms with Crippen molar-refractivity contribution in [3.05, 3.63) is 46.3 Å². The van der Waals surface area contributed by atoms with E-state index in [4.69, 9.17) is 9.47 Å². The van der Waals surface area contributed by atoms with Crippen molar-refractivity contribution in [2.75, 3.05) is 14.2 Å². The molecule has 3 aromatic rings. The number of ether oxygens (including phenoxy) is 2. The molecule has 0 radical (unpaired) electrons. The molecule has 1 aliphatic carbocycles. The summed E-state index contributed by atoms with van der Waals surface area (Å²) in [6.45, 7) is 2.61. The summed E-state index contributed by atoms with van der Waals surface area (Å²) < 4.78 is 13.1. The fourth-order valence-corrected chi connectivity index (χ4v) is 5.87. The molecule has 2 aromatic heterocycles. The van der Waals surface area contributed by atoms with E-state index >= 15 is 0 Å². The Morgan fingerprint density at radius 1 is 1.18 bits per heavy atom. The van der Waals surface area contributed by atoms with Gasteiger partial charge in [-0.25, -0.2) is 0 Å². The lowest BCUT2D eigenvalue weighted by atomic mass is 9.94. The highest BCUT2D eigenvalue weighted by Gasteiger charge is 2.48. The molecule has 0 bridgehead atoms. The standard InChI is InChI=1S/C25H29N3O4S/c1-25(24(30)26-16-7-4-5-8-16)15-27-19(23(29)28(25)14-17-9-6-12-33-17)13-18-20(31-2)10-11-21(32-3)22(18)27/h6,9-13,16H,4-5,7-8,14-15H2,1-3H3,(H,26,30)/t25-/m1/s1. The molecule has 5 rings (SSSR count). The molecule has 1 N–H and O–H groups in total. The van der Waals surface area contributed by atoms with Crippen molar-refractivity contribution in [3.63, 3.8) is 0 Å². The summed E-state index contributed by atoms with van der Waals surface area (Å²) in [5, 5.41) is 6.04. The largest absolute Gasteiger partial charge is 0.496 e. The number of rotatable bonds is 6. The Balaban J connectivity index is 1.64. The summed E-state index contributed by atoms with van der Waals surface area (Å²) in [6, 6.07) is 9.68. The van der Waals surface area contributed by atoms with Crippen LogP contribution in [0, 0.1) is 0 Å². The molecular formula is C25H29N3O4S. The predicted molar refractivity (Wildman–Crippen MR) is 128 cm³/mol. The van der Waals surface area contributed by atoms with Crippen LogP contribution in [0.3, 0.4) is 0 Å². The zero-order chi connectivity index (χ0) is 23.2. The minimum Gasteiger partial charge on any atom is -0.496 e. The molecule has 1 aliphatic heterocycles. The number of carbonyl (C=O) groups is 2. The third-order valence-electron chi connectivity index (χ3n) is 7.02. The van der Waals surface area contributed by atoms with Gasteiger partial charge >= 0.3 is 0 Å². The zero-order valence-corrected chi connectivity index (χ0v) is 20.0. The first-order valence-electron chi connectivity index (χ1n) is 11.4. The molecule has 1 atom stereocenters. The minimum absolute atomic E-state index is 0.103. The maximum absolute atomic E-state index is 13.9. The lowest BCUT2D eigenvalue weighted by Gasteiger charge is -2.44. The highest BCUT2D eigenvalue weighted by atomic mass is 32.1. The van der Waals surface area contributed by atoms with Crippen LogP contribution in [0.1, 0.15) is 48.0 Å². The molecule has 33 heavy (non-hydrogen) atoms. The third kappa shape index (κ3) is 3.57. The van der Waals surface area contributed by atoms with E-state index in [1.807, 2.05) is 47.2 Å². The van der Waals surface area contributed by atoms with Crippen LogP contribution in [0.15, 0.2) is 35.7 Å². The summed E-state index contributed by atoms with van der Waals surface area (Å²) in [5.74, 6) is 1.05. The molecule has 0 unspecified atom stereocenters. The van der Waals surface area contributed by atoms with Crippen molar-refractivity contribution >= 4 is 34.1 Å². The SMILES string of the molecule is COc1ccc(OC)c2c1cc1n2C[C@](C)(C(=O)NC2CCCC2)N(Cc2cccs2)C1=O. The lowest BCUT2D eigenvalue weighted by Crippen LogP contribution is -2.64. The highest BCUT2D eigenvalue weighted by molar-refractivity contribution is 7.09. The first-order valence-corrected chi connectivity index (χ1v) is 12.2. The van der Waals surface area contributed by atoms with Gasteiger partial charge in [-0.1, -0.05) is 18.9 Å². The van der Waals surface area contributed by atoms with E-state index in [2.05, 4.69) is 5.32 Å². The number of benzene rings is 1. The van der Waals surface area contributed by atoms with Crippen molar-refractivity contribution < 1.29 is 19.1 Å². The van der Waals surface area contributed by atoms with E-state index in [9.17, 15) is 9.59 Å². The van der Waals surface area contributed by atoms with Crippen LogP contribution < -0.4 is 14.8 Å². The van der Waals surface area contributed by atoms with Gasteiger partial charge in [0.05, 0.1) is 32.8 Å². The second-order valence-corrected chi connectivity index (χ2v) is 10.1. The molecule has 2 aliphatic rings. The van der Waals surface area contributed by atoms with Crippen molar-refractivity contribution in [2.45, 2.75) is 57.3 Å². The number of thiophene rings is 1. The van der Waals surface area contributed by atoms with Gasteiger partial charge in [-0.3, -0.25) is 9.59 Å². The summed E-state index contributed by atoms with van der Waals surface area (Å²) >= 11 is 1.59. The number of fused-ring (bicyclic) bond motifs is 3. The Bertz CT molecular complexity index is 1200. The Labute approximate surface area is 197 Å². The van der Waals surface area contributed by atoms with E-state index in [1.165, 1.54) is 0 Å². The number of methoxy groups -OCH3 is 2. The molecule has 1 aromatic carbocycles. The first-order chi connectivity index (χ1) is 16.0. The van der Waals surface area contributed by atoms with Gasteiger partial charge in [0.25, 0.3) is 5.91 Å².